The van der Waals surface area contributed by atoms with E-state index < -0.39 is 61.9 Å². The first-order valence-corrected chi connectivity index (χ1v) is 12.8. The van der Waals surface area contributed by atoms with Crippen molar-refractivity contribution in [1.82, 2.24) is 24.2 Å². The van der Waals surface area contributed by atoms with Gasteiger partial charge in [-0.2, -0.15) is 13.8 Å². The number of hydrogen-bond acceptors (Lipinski definition) is 11. The molecule has 3 aromatic rings. The van der Waals surface area contributed by atoms with Gasteiger partial charge in [0.1, 0.15) is 30.4 Å². The molecule has 0 bridgehead atoms. The second-order valence-electron chi connectivity index (χ2n) is 8.44. The molecule has 0 radical (unpaired) electrons. The van der Waals surface area contributed by atoms with E-state index in [1.807, 2.05) is 0 Å². The molecule has 4 N–H and O–H groups in total. The van der Waals surface area contributed by atoms with Gasteiger partial charge in [0, 0.05) is 12.7 Å². The molecule has 1 aliphatic rings. The number of nitrogen functional groups attached to an aromatic ring is 1. The predicted molar refractivity (Wildman–Crippen MR) is 129 cm³/mol. The molecule has 1 aromatic carbocycles. The van der Waals surface area contributed by atoms with Crippen LogP contribution in [0, 0.1) is 10.1 Å². The number of aliphatic hydroxyl groups excluding tert-OH is 1. The van der Waals surface area contributed by atoms with Crippen LogP contribution in [0.25, 0.3) is 0 Å². The lowest BCUT2D eigenvalue weighted by Gasteiger charge is -2.22. The number of rotatable bonds is 11. The number of aliphatic hydroxyl groups is 1. The van der Waals surface area contributed by atoms with Gasteiger partial charge in [-0.1, -0.05) is 35.3 Å². The molecule has 18 heteroatoms. The molecule has 0 amide bonds. The first kappa shape index (κ1) is 28.4. The van der Waals surface area contributed by atoms with E-state index in [9.17, 15) is 33.4 Å². The number of nitrogens with one attached hydrogen (secondary N) is 1. The molecule has 0 aliphatic carbocycles. The number of hydrogen-bond donors (Lipinski definition) is 3. The molecular formula is C21H24F2N7O8P. The molecule has 1 fully saturated rings. The molecule has 0 saturated carbocycles. The van der Waals surface area contributed by atoms with Crippen molar-refractivity contribution in [1.29, 1.82) is 0 Å². The van der Waals surface area contributed by atoms with Crippen molar-refractivity contribution in [3.05, 3.63) is 80.6 Å². The lowest BCUT2D eigenvalue weighted by molar-refractivity contribution is -0.396. The average Bonchev–Trinajstić information content (AvgIpc) is 3.37. The summed E-state index contributed by atoms with van der Waals surface area (Å²) in [5.41, 5.74) is 5.12. The van der Waals surface area contributed by atoms with Crippen LogP contribution in [0.1, 0.15) is 17.5 Å². The minimum Gasteiger partial charge on any atom is -0.390 e. The fraction of sp³-hybridized carbons (Fsp3) is 0.381. The summed E-state index contributed by atoms with van der Waals surface area (Å²) < 4.78 is 60.9. The monoisotopic (exact) mass is 571 g/mol. The number of benzene rings is 1. The van der Waals surface area contributed by atoms with Gasteiger partial charge < -0.3 is 25.7 Å². The molecule has 2 aromatic heterocycles. The Labute approximate surface area is 218 Å². The van der Waals surface area contributed by atoms with E-state index >= 15 is 0 Å². The minimum absolute atomic E-state index is 0.0248. The number of halogens is 2. The Morgan fingerprint density at radius 2 is 2.03 bits per heavy atom. The summed E-state index contributed by atoms with van der Waals surface area (Å²) in [7, 11) is -2.95. The largest absolute Gasteiger partial charge is 0.434 e. The highest BCUT2D eigenvalue weighted by molar-refractivity contribution is 7.51. The maximum Gasteiger partial charge on any atom is 0.434 e. The van der Waals surface area contributed by atoms with E-state index in [0.29, 0.717) is 10.1 Å². The van der Waals surface area contributed by atoms with E-state index in [1.165, 1.54) is 7.05 Å². The Morgan fingerprint density at radius 1 is 1.31 bits per heavy atom. The van der Waals surface area contributed by atoms with Crippen molar-refractivity contribution in [3.63, 3.8) is 0 Å². The van der Waals surface area contributed by atoms with Gasteiger partial charge in [0.05, 0.1) is 13.7 Å². The molecule has 4 rings (SSSR count). The molecule has 4 atom stereocenters. The normalized spacial score (nSPS) is 22.0. The second kappa shape index (κ2) is 11.3. The number of nitro groups is 1. The van der Waals surface area contributed by atoms with Crippen molar-refractivity contribution < 1.29 is 37.2 Å². The average molecular weight is 571 g/mol. The zero-order valence-electron chi connectivity index (χ0n) is 20.3. The van der Waals surface area contributed by atoms with Crippen molar-refractivity contribution >= 4 is 19.5 Å². The first-order valence-electron chi connectivity index (χ1n) is 11.3. The van der Waals surface area contributed by atoms with Crippen molar-refractivity contribution in [3.8, 4) is 0 Å². The van der Waals surface area contributed by atoms with E-state index in [0.717, 1.165) is 23.0 Å². The lowest BCUT2D eigenvalue weighted by atomic mass is 10.1. The Balaban J connectivity index is 1.50. The molecule has 2 unspecified atom stereocenters. The SMILES string of the molecule is Cn1c(COP(=O)(NCc2ccccc2)OC[C@H]2OC(n3ccc(N)nc3=O)C(F)(F)[C@@H]2O)cnc1[N+](=O)[O-]. The van der Waals surface area contributed by atoms with Gasteiger partial charge in [-0.3, -0.25) is 13.6 Å². The Bertz CT molecular complexity index is 1440. The fourth-order valence-electron chi connectivity index (χ4n) is 3.68. The summed E-state index contributed by atoms with van der Waals surface area (Å²) in [5.74, 6) is -4.63. The zero-order chi connectivity index (χ0) is 28.4. The maximum atomic E-state index is 14.9. The van der Waals surface area contributed by atoms with Gasteiger partial charge in [-0.05, 0) is 16.6 Å². The third-order valence-corrected chi connectivity index (χ3v) is 7.32. The molecule has 210 valence electrons. The molecule has 1 aliphatic heterocycles. The second-order valence-corrected chi connectivity index (χ2v) is 10.3. The zero-order valence-corrected chi connectivity index (χ0v) is 21.2. The Morgan fingerprint density at radius 3 is 2.67 bits per heavy atom. The number of nitrogens with two attached hydrogens (primary N) is 1. The summed E-state index contributed by atoms with van der Waals surface area (Å²) >= 11 is 0. The van der Waals surface area contributed by atoms with Crippen LogP contribution in [0.2, 0.25) is 0 Å². The lowest BCUT2D eigenvalue weighted by Crippen LogP contribution is -2.42. The smallest absolute Gasteiger partial charge is 0.390 e. The van der Waals surface area contributed by atoms with Crippen LogP contribution in [-0.2, 0) is 38.5 Å². The van der Waals surface area contributed by atoms with Gasteiger partial charge in [0.2, 0.25) is 6.23 Å². The van der Waals surface area contributed by atoms with Gasteiger partial charge in [-0.25, -0.2) is 19.0 Å². The highest BCUT2D eigenvalue weighted by Crippen LogP contribution is 2.48. The summed E-state index contributed by atoms with van der Waals surface area (Å²) in [4.78, 5) is 29.4. The van der Waals surface area contributed by atoms with Crippen molar-refractivity contribution in [2.24, 2.45) is 7.05 Å². The van der Waals surface area contributed by atoms with Crippen LogP contribution in [0.4, 0.5) is 20.5 Å². The van der Waals surface area contributed by atoms with E-state index in [-0.39, 0.29) is 18.1 Å². The number of ether oxygens (including phenoxy) is 1. The van der Waals surface area contributed by atoms with Crippen LogP contribution in [0.3, 0.4) is 0 Å². The van der Waals surface area contributed by atoms with Crippen LogP contribution < -0.4 is 16.5 Å². The number of alkyl halides is 2. The molecule has 3 heterocycles. The molecule has 1 saturated heterocycles. The standard InChI is InChI=1S/C21H24F2N7O8P/c1-28-14(10-25-19(28)30(33)34)11-36-39(35,26-9-13-5-3-2-4-6-13)37-12-15-17(31)21(22,23)18(38-15)29-8-7-16(24)27-20(29)32/h2-8,10,15,17-18,31H,9,11-12H2,1H3,(H,26,35)(H2,24,27,32)/t15-,17-,18?,39?/m1/s1. The van der Waals surface area contributed by atoms with Crippen molar-refractivity contribution in [2.45, 2.75) is 37.5 Å². The predicted octanol–water partition coefficient (Wildman–Crippen LogP) is 1.49. The molecule has 39 heavy (non-hydrogen) atoms. The van der Waals surface area contributed by atoms with Gasteiger partial charge in [0.25, 0.3) is 0 Å². The number of anilines is 1. The van der Waals surface area contributed by atoms with Crippen LogP contribution in [0.5, 0.6) is 0 Å². The topological polar surface area (TPSA) is 199 Å². The van der Waals surface area contributed by atoms with Crippen LogP contribution in [-0.4, -0.2) is 53.9 Å². The Kier molecular flexibility index (Phi) is 8.20. The quantitative estimate of drug-likeness (QED) is 0.170. The third-order valence-electron chi connectivity index (χ3n) is 5.82. The van der Waals surface area contributed by atoms with Crippen LogP contribution >= 0.6 is 7.75 Å². The highest BCUT2D eigenvalue weighted by Gasteiger charge is 2.60. The summed E-state index contributed by atoms with van der Waals surface area (Å²) in [6, 6.07) is 9.78. The minimum atomic E-state index is -4.31. The molecule has 15 nitrogen and oxygen atoms in total. The Hall–Kier alpha value is -3.60. The maximum absolute atomic E-state index is 14.9. The summed E-state index contributed by atoms with van der Waals surface area (Å²) in [6.07, 6.45) is -4.33. The number of nitrogens with zero attached hydrogens (tertiary/aromatic N) is 5. The van der Waals surface area contributed by atoms with Gasteiger partial charge >= 0.3 is 25.3 Å². The van der Waals surface area contributed by atoms with Crippen molar-refractivity contribution in [2.75, 3.05) is 12.3 Å². The van der Waals surface area contributed by atoms with E-state index in [2.05, 4.69) is 15.1 Å². The van der Waals surface area contributed by atoms with Gasteiger partial charge in [-0.15, -0.1) is 0 Å². The number of aromatic nitrogens is 4. The van der Waals surface area contributed by atoms with Crippen LogP contribution in [0.15, 0.2) is 53.6 Å². The molecular weight excluding hydrogens is 547 g/mol. The third kappa shape index (κ3) is 6.19. The molecule has 0 spiro atoms. The first-order chi connectivity index (χ1) is 18.4. The highest BCUT2D eigenvalue weighted by atomic mass is 31.2. The fourth-order valence-corrected chi connectivity index (χ4v) is 4.96. The van der Waals surface area contributed by atoms with E-state index in [1.54, 1.807) is 30.3 Å². The number of imidazole rings is 1. The van der Waals surface area contributed by atoms with Gasteiger partial charge in [0.15, 0.2) is 6.10 Å². The summed E-state index contributed by atoms with van der Waals surface area (Å²) in [5, 5.41) is 23.9. The summed E-state index contributed by atoms with van der Waals surface area (Å²) in [6.45, 7) is -1.33. The van der Waals surface area contributed by atoms with E-state index in [4.69, 9.17) is 19.5 Å².